The molecule has 2 heteroatoms. The highest BCUT2D eigenvalue weighted by Gasteiger charge is 2.13. The van der Waals surface area contributed by atoms with Crippen molar-refractivity contribution in [2.24, 2.45) is 5.73 Å². The van der Waals surface area contributed by atoms with Gasteiger partial charge in [-0.25, -0.2) is 0 Å². The van der Waals surface area contributed by atoms with Crippen LogP contribution in [-0.2, 0) is 0 Å². The molecule has 0 atom stereocenters. The Hall–Kier alpha value is -2.09. The molecule has 0 spiro atoms. The fourth-order valence-corrected chi connectivity index (χ4v) is 2.18. The number of nitrogens with two attached hydrogens (primary N) is 1. The van der Waals surface area contributed by atoms with Crippen LogP contribution in [0.3, 0.4) is 0 Å². The van der Waals surface area contributed by atoms with Gasteiger partial charge in [0.25, 0.3) is 0 Å². The van der Waals surface area contributed by atoms with Gasteiger partial charge in [0.2, 0.25) is 5.91 Å². The molecule has 2 aromatic carbocycles. The molecule has 0 aromatic heterocycles. The highest BCUT2D eigenvalue weighted by molar-refractivity contribution is 6.00. The van der Waals surface area contributed by atoms with Crippen molar-refractivity contribution in [1.82, 2.24) is 0 Å². The van der Waals surface area contributed by atoms with Crippen LogP contribution in [0.2, 0.25) is 0 Å². The first-order valence-electron chi connectivity index (χ1n) is 6.09. The quantitative estimate of drug-likeness (QED) is 0.874. The second-order valence-electron chi connectivity index (χ2n) is 4.65. The summed E-state index contributed by atoms with van der Waals surface area (Å²) in [5.41, 5.74) is 9.24. The number of primary amides is 1. The van der Waals surface area contributed by atoms with Gasteiger partial charge in [-0.3, -0.25) is 4.79 Å². The summed E-state index contributed by atoms with van der Waals surface area (Å²) in [6.45, 7) is 4.29. The topological polar surface area (TPSA) is 43.1 Å². The summed E-state index contributed by atoms with van der Waals surface area (Å²) in [5, 5.41) is 0. The third-order valence-electron chi connectivity index (χ3n) is 3.07. The fourth-order valence-electron chi connectivity index (χ4n) is 2.18. The molecular formula is C16H17NO. The number of hydrogen-bond acceptors (Lipinski definition) is 1. The summed E-state index contributed by atoms with van der Waals surface area (Å²) in [7, 11) is 0. The smallest absolute Gasteiger partial charge is 0.249 e. The molecule has 0 aliphatic rings. The molecule has 0 saturated heterocycles. The lowest BCUT2D eigenvalue weighted by atomic mass is 9.90. The van der Waals surface area contributed by atoms with Gasteiger partial charge in [-0.1, -0.05) is 56.3 Å². The van der Waals surface area contributed by atoms with Gasteiger partial charge < -0.3 is 5.73 Å². The second-order valence-corrected chi connectivity index (χ2v) is 4.65. The highest BCUT2D eigenvalue weighted by atomic mass is 16.1. The Labute approximate surface area is 107 Å². The zero-order valence-corrected chi connectivity index (χ0v) is 10.7. The maximum absolute atomic E-state index is 11.5. The van der Waals surface area contributed by atoms with E-state index >= 15 is 0 Å². The van der Waals surface area contributed by atoms with Crippen LogP contribution in [0, 0.1) is 0 Å². The fraction of sp³-hybridized carbons (Fsp3) is 0.188. The van der Waals surface area contributed by atoms with Crippen molar-refractivity contribution in [3.8, 4) is 11.1 Å². The van der Waals surface area contributed by atoms with Gasteiger partial charge in [-0.2, -0.15) is 0 Å². The van der Waals surface area contributed by atoms with Crippen molar-refractivity contribution in [3.63, 3.8) is 0 Å². The van der Waals surface area contributed by atoms with E-state index < -0.39 is 0 Å². The number of benzene rings is 2. The molecule has 2 rings (SSSR count). The number of rotatable bonds is 3. The molecular weight excluding hydrogens is 222 g/mol. The van der Waals surface area contributed by atoms with Crippen molar-refractivity contribution in [1.29, 1.82) is 0 Å². The molecule has 2 N–H and O–H groups in total. The Bertz CT molecular complexity index is 573. The molecule has 0 heterocycles. The van der Waals surface area contributed by atoms with Crippen molar-refractivity contribution < 1.29 is 4.79 Å². The lowest BCUT2D eigenvalue weighted by molar-refractivity contribution is 0.100. The molecule has 1 amide bonds. The van der Waals surface area contributed by atoms with Crippen molar-refractivity contribution in [3.05, 3.63) is 59.7 Å². The summed E-state index contributed by atoms with van der Waals surface area (Å²) < 4.78 is 0. The van der Waals surface area contributed by atoms with Gasteiger partial charge in [-0.15, -0.1) is 0 Å². The maximum atomic E-state index is 11.5. The van der Waals surface area contributed by atoms with Crippen LogP contribution in [0.25, 0.3) is 11.1 Å². The van der Waals surface area contributed by atoms with Crippen molar-refractivity contribution in [2.45, 2.75) is 19.8 Å². The van der Waals surface area contributed by atoms with Crippen LogP contribution >= 0.6 is 0 Å². The number of carbonyl (C=O) groups excluding carboxylic acids is 1. The van der Waals surface area contributed by atoms with Crippen LogP contribution in [0.1, 0.15) is 35.7 Å². The molecule has 0 radical (unpaired) electrons. The maximum Gasteiger partial charge on any atom is 0.249 e. The summed E-state index contributed by atoms with van der Waals surface area (Å²) in [5.74, 6) is 0.0197. The zero-order valence-electron chi connectivity index (χ0n) is 10.7. The van der Waals surface area contributed by atoms with E-state index in [2.05, 4.69) is 19.9 Å². The number of carbonyl (C=O) groups is 1. The predicted molar refractivity (Wildman–Crippen MR) is 74.5 cm³/mol. The van der Waals surface area contributed by atoms with Crippen LogP contribution in [0.4, 0.5) is 0 Å². The first-order chi connectivity index (χ1) is 8.61. The lowest BCUT2D eigenvalue weighted by Gasteiger charge is -2.14. The Balaban J connectivity index is 2.66. The van der Waals surface area contributed by atoms with E-state index in [9.17, 15) is 4.79 Å². The molecule has 92 valence electrons. The standard InChI is InChI=1S/C16H17NO/c1-11(2)12-7-3-4-8-13(12)14-9-5-6-10-15(14)16(17)18/h3-11H,1-2H3,(H2,17,18). The average Bonchev–Trinajstić information content (AvgIpc) is 2.38. The average molecular weight is 239 g/mol. The van der Waals surface area contributed by atoms with Gasteiger partial charge in [0.05, 0.1) is 0 Å². The number of hydrogen-bond donors (Lipinski definition) is 1. The van der Waals surface area contributed by atoms with E-state index in [0.29, 0.717) is 11.5 Å². The van der Waals surface area contributed by atoms with E-state index in [1.807, 2.05) is 36.4 Å². The minimum Gasteiger partial charge on any atom is -0.366 e. The van der Waals surface area contributed by atoms with Crippen molar-refractivity contribution >= 4 is 5.91 Å². The van der Waals surface area contributed by atoms with Gasteiger partial charge >= 0.3 is 0 Å². The van der Waals surface area contributed by atoms with Gasteiger partial charge in [0.15, 0.2) is 0 Å². The Morgan fingerprint density at radius 2 is 1.50 bits per heavy atom. The molecule has 0 aliphatic carbocycles. The first-order valence-corrected chi connectivity index (χ1v) is 6.09. The minimum absolute atomic E-state index is 0.385. The zero-order chi connectivity index (χ0) is 13.1. The third-order valence-corrected chi connectivity index (χ3v) is 3.07. The molecule has 0 bridgehead atoms. The van der Waals surface area contributed by atoms with E-state index in [-0.39, 0.29) is 5.91 Å². The Morgan fingerprint density at radius 1 is 0.944 bits per heavy atom. The SMILES string of the molecule is CC(C)c1ccccc1-c1ccccc1C(N)=O. The molecule has 18 heavy (non-hydrogen) atoms. The van der Waals surface area contributed by atoms with E-state index in [4.69, 9.17) is 5.73 Å². The monoisotopic (exact) mass is 239 g/mol. The van der Waals surface area contributed by atoms with Gasteiger partial charge in [0.1, 0.15) is 0 Å². The summed E-state index contributed by atoms with van der Waals surface area (Å²) in [4.78, 5) is 11.5. The van der Waals surface area contributed by atoms with E-state index in [1.54, 1.807) is 6.07 Å². The molecule has 0 aliphatic heterocycles. The number of amides is 1. The van der Waals surface area contributed by atoms with Gasteiger partial charge in [-0.05, 0) is 28.7 Å². The lowest BCUT2D eigenvalue weighted by Crippen LogP contribution is -2.12. The van der Waals surface area contributed by atoms with Crippen molar-refractivity contribution in [2.75, 3.05) is 0 Å². The largest absolute Gasteiger partial charge is 0.366 e. The van der Waals surface area contributed by atoms with E-state index in [1.165, 1.54) is 5.56 Å². The molecule has 2 nitrogen and oxygen atoms in total. The van der Waals surface area contributed by atoms with Crippen LogP contribution in [0.15, 0.2) is 48.5 Å². The summed E-state index contributed by atoms with van der Waals surface area (Å²) in [6.07, 6.45) is 0. The summed E-state index contributed by atoms with van der Waals surface area (Å²) in [6, 6.07) is 15.6. The Kier molecular flexibility index (Phi) is 3.47. The normalized spacial score (nSPS) is 10.6. The van der Waals surface area contributed by atoms with E-state index in [0.717, 1.165) is 11.1 Å². The highest BCUT2D eigenvalue weighted by Crippen LogP contribution is 2.31. The Morgan fingerprint density at radius 3 is 2.11 bits per heavy atom. The van der Waals surface area contributed by atoms with Crippen LogP contribution in [-0.4, -0.2) is 5.91 Å². The van der Waals surface area contributed by atoms with Gasteiger partial charge in [0, 0.05) is 5.56 Å². The molecule has 2 aromatic rings. The molecule has 0 fully saturated rings. The third kappa shape index (κ3) is 2.28. The molecule has 0 unspecified atom stereocenters. The first kappa shape index (κ1) is 12.4. The minimum atomic E-state index is -0.385. The predicted octanol–water partition coefficient (Wildman–Crippen LogP) is 3.58. The molecule has 0 saturated carbocycles. The van der Waals surface area contributed by atoms with Crippen LogP contribution in [0.5, 0.6) is 0 Å². The van der Waals surface area contributed by atoms with Crippen LogP contribution < -0.4 is 5.73 Å². The summed E-state index contributed by atoms with van der Waals surface area (Å²) >= 11 is 0. The second kappa shape index (κ2) is 5.05.